The van der Waals surface area contributed by atoms with Crippen LogP contribution in [0.3, 0.4) is 0 Å². The van der Waals surface area contributed by atoms with Crippen molar-refractivity contribution in [3.63, 3.8) is 0 Å². The van der Waals surface area contributed by atoms with Crippen molar-refractivity contribution in [2.75, 3.05) is 0 Å². The van der Waals surface area contributed by atoms with Gasteiger partial charge in [0.05, 0.1) is 17.6 Å². The Morgan fingerprint density at radius 2 is 1.89 bits per heavy atom. The molecule has 0 unspecified atom stereocenters. The zero-order valence-electron chi connectivity index (χ0n) is 20.7. The molecule has 0 spiro atoms. The number of aryl methyl sites for hydroxylation is 1. The molecule has 2 aromatic heterocycles. The largest absolute Gasteiger partial charge is 0.321 e. The molecular weight excluding hydrogens is 436 g/mol. The molecule has 0 radical (unpaired) electrons. The zero-order valence-corrected chi connectivity index (χ0v) is 20.7. The van der Waals surface area contributed by atoms with Crippen LogP contribution in [-0.2, 0) is 13.1 Å². The standard InChI is InChI=1S/C28H34N6O/c1-3-10-25(27-30-31-32-34(27)24-15-7-8-16-24)33(18-21-12-5-4-6-13-21)19-23-17-22-14-9-11-20(2)26(22)29-28(23)35/h4-6,9,11-14,17,24-25H,3,7-8,10,15-16,18-19H2,1-2H3,(H,29,35)/t25-/m1/s1. The number of fused-ring (bicyclic) bond motifs is 1. The molecule has 4 aromatic rings. The van der Waals surface area contributed by atoms with Crippen LogP contribution in [0.1, 0.15) is 80.0 Å². The number of benzene rings is 2. The van der Waals surface area contributed by atoms with Crippen LogP contribution in [0.2, 0.25) is 0 Å². The lowest BCUT2D eigenvalue weighted by molar-refractivity contribution is 0.153. The Hall–Kier alpha value is -3.32. The van der Waals surface area contributed by atoms with Gasteiger partial charge in [0.15, 0.2) is 5.82 Å². The van der Waals surface area contributed by atoms with E-state index in [0.717, 1.165) is 53.5 Å². The van der Waals surface area contributed by atoms with Crippen molar-refractivity contribution < 1.29 is 0 Å². The Labute approximate surface area is 206 Å². The summed E-state index contributed by atoms with van der Waals surface area (Å²) in [6.07, 6.45) is 6.62. The van der Waals surface area contributed by atoms with Gasteiger partial charge in [0.2, 0.25) is 0 Å². The van der Waals surface area contributed by atoms with Gasteiger partial charge in [0.1, 0.15) is 0 Å². The maximum atomic E-state index is 13.2. The van der Waals surface area contributed by atoms with Gasteiger partial charge in [-0.25, -0.2) is 4.68 Å². The van der Waals surface area contributed by atoms with Crippen LogP contribution in [0, 0.1) is 6.92 Å². The molecular formula is C28H34N6O. The van der Waals surface area contributed by atoms with Gasteiger partial charge in [-0.05, 0) is 59.2 Å². The fraction of sp³-hybridized carbons (Fsp3) is 0.429. The van der Waals surface area contributed by atoms with E-state index in [-0.39, 0.29) is 11.6 Å². The maximum Gasteiger partial charge on any atom is 0.252 e. The van der Waals surface area contributed by atoms with Crippen LogP contribution >= 0.6 is 0 Å². The monoisotopic (exact) mass is 470 g/mol. The van der Waals surface area contributed by atoms with E-state index in [1.165, 1.54) is 18.4 Å². The minimum Gasteiger partial charge on any atom is -0.321 e. The average Bonchev–Trinajstić information content (AvgIpc) is 3.56. The van der Waals surface area contributed by atoms with E-state index in [2.05, 4.69) is 67.3 Å². The van der Waals surface area contributed by atoms with Crippen molar-refractivity contribution in [2.24, 2.45) is 0 Å². The first kappa shape index (κ1) is 23.4. The molecule has 0 aliphatic heterocycles. The first-order chi connectivity index (χ1) is 17.1. The average molecular weight is 471 g/mol. The Bertz CT molecular complexity index is 1320. The highest BCUT2D eigenvalue weighted by Crippen LogP contribution is 2.34. The highest BCUT2D eigenvalue weighted by atomic mass is 16.1. The molecule has 7 nitrogen and oxygen atoms in total. The first-order valence-corrected chi connectivity index (χ1v) is 12.8. The van der Waals surface area contributed by atoms with Crippen LogP contribution in [0.5, 0.6) is 0 Å². The summed E-state index contributed by atoms with van der Waals surface area (Å²) in [5, 5.41) is 14.1. The highest BCUT2D eigenvalue weighted by molar-refractivity contribution is 5.81. The van der Waals surface area contributed by atoms with Crippen molar-refractivity contribution in [2.45, 2.75) is 77.5 Å². The zero-order chi connectivity index (χ0) is 24.2. The molecule has 1 aliphatic rings. The molecule has 1 atom stereocenters. The minimum absolute atomic E-state index is 0.0170. The summed E-state index contributed by atoms with van der Waals surface area (Å²) in [7, 11) is 0. The summed E-state index contributed by atoms with van der Waals surface area (Å²) in [5.41, 5.74) is 3.93. The van der Waals surface area contributed by atoms with Crippen LogP contribution < -0.4 is 5.56 Å². The van der Waals surface area contributed by atoms with Gasteiger partial charge < -0.3 is 4.98 Å². The van der Waals surface area contributed by atoms with Gasteiger partial charge in [-0.3, -0.25) is 9.69 Å². The van der Waals surface area contributed by atoms with Gasteiger partial charge in [-0.2, -0.15) is 0 Å². The molecule has 7 heteroatoms. The molecule has 0 bridgehead atoms. The van der Waals surface area contributed by atoms with Crippen molar-refractivity contribution in [1.82, 2.24) is 30.1 Å². The summed E-state index contributed by atoms with van der Waals surface area (Å²) in [4.78, 5) is 18.7. The third-order valence-corrected chi connectivity index (χ3v) is 7.26. The predicted octanol–water partition coefficient (Wildman–Crippen LogP) is 5.48. The van der Waals surface area contributed by atoms with Crippen molar-refractivity contribution in [3.8, 4) is 0 Å². The van der Waals surface area contributed by atoms with Crippen LogP contribution in [-0.4, -0.2) is 30.1 Å². The fourth-order valence-electron chi connectivity index (χ4n) is 5.44. The first-order valence-electron chi connectivity index (χ1n) is 12.8. The van der Waals surface area contributed by atoms with E-state index in [4.69, 9.17) is 0 Å². The molecule has 2 aromatic carbocycles. The summed E-state index contributed by atoms with van der Waals surface area (Å²) < 4.78 is 2.07. The molecule has 35 heavy (non-hydrogen) atoms. The van der Waals surface area contributed by atoms with Gasteiger partial charge in [0, 0.05) is 18.7 Å². The topological polar surface area (TPSA) is 79.7 Å². The Kier molecular flexibility index (Phi) is 7.04. The summed E-state index contributed by atoms with van der Waals surface area (Å²) in [5.74, 6) is 0.919. The van der Waals surface area contributed by atoms with Gasteiger partial charge in [0.25, 0.3) is 5.56 Å². The molecule has 1 saturated carbocycles. The number of H-pyrrole nitrogens is 1. The lowest BCUT2D eigenvalue weighted by atomic mass is 10.0. The number of rotatable bonds is 9. The lowest BCUT2D eigenvalue weighted by Gasteiger charge is -2.31. The smallest absolute Gasteiger partial charge is 0.252 e. The Morgan fingerprint density at radius 1 is 1.09 bits per heavy atom. The molecule has 1 fully saturated rings. The second-order valence-corrected chi connectivity index (χ2v) is 9.78. The number of aromatic amines is 1. The summed E-state index contributed by atoms with van der Waals surface area (Å²) in [6, 6.07) is 19.0. The van der Waals surface area contributed by atoms with Crippen LogP contribution in [0.25, 0.3) is 10.9 Å². The van der Waals surface area contributed by atoms with Crippen molar-refractivity contribution in [3.05, 3.63) is 87.5 Å². The Morgan fingerprint density at radius 3 is 2.66 bits per heavy atom. The van der Waals surface area contributed by atoms with E-state index < -0.39 is 0 Å². The molecule has 0 saturated heterocycles. The van der Waals surface area contributed by atoms with E-state index in [1.54, 1.807) is 0 Å². The maximum absolute atomic E-state index is 13.2. The summed E-state index contributed by atoms with van der Waals surface area (Å²) >= 11 is 0. The van der Waals surface area contributed by atoms with E-state index in [1.807, 2.05) is 31.2 Å². The van der Waals surface area contributed by atoms with Crippen LogP contribution in [0.15, 0.2) is 59.4 Å². The van der Waals surface area contributed by atoms with E-state index >= 15 is 0 Å². The van der Waals surface area contributed by atoms with Gasteiger partial charge in [-0.1, -0.05) is 74.7 Å². The molecule has 5 rings (SSSR count). The second-order valence-electron chi connectivity index (χ2n) is 9.78. The van der Waals surface area contributed by atoms with Gasteiger partial charge >= 0.3 is 0 Å². The molecule has 1 aliphatic carbocycles. The number of hydrogen-bond donors (Lipinski definition) is 1. The number of tetrazole rings is 1. The normalized spacial score (nSPS) is 15.3. The number of aromatic nitrogens is 5. The predicted molar refractivity (Wildman–Crippen MR) is 138 cm³/mol. The van der Waals surface area contributed by atoms with Crippen molar-refractivity contribution in [1.29, 1.82) is 0 Å². The quantitative estimate of drug-likeness (QED) is 0.350. The number of hydrogen-bond acceptors (Lipinski definition) is 5. The molecule has 2 heterocycles. The van der Waals surface area contributed by atoms with E-state index in [9.17, 15) is 4.79 Å². The van der Waals surface area contributed by atoms with Crippen LogP contribution in [0.4, 0.5) is 0 Å². The second kappa shape index (κ2) is 10.5. The van der Waals surface area contributed by atoms with Crippen molar-refractivity contribution >= 4 is 10.9 Å². The summed E-state index contributed by atoms with van der Waals surface area (Å²) in [6.45, 7) is 5.47. The number of pyridine rings is 1. The third kappa shape index (κ3) is 5.05. The van der Waals surface area contributed by atoms with Gasteiger partial charge in [-0.15, -0.1) is 5.10 Å². The minimum atomic E-state index is -0.0319. The third-order valence-electron chi connectivity index (χ3n) is 7.26. The number of nitrogens with zero attached hydrogens (tertiary/aromatic N) is 5. The molecule has 1 N–H and O–H groups in total. The fourth-order valence-corrected chi connectivity index (χ4v) is 5.44. The highest BCUT2D eigenvalue weighted by Gasteiger charge is 2.30. The SMILES string of the molecule is CCC[C@H](c1nnnn1C1CCCC1)N(Cc1ccccc1)Cc1cc2cccc(C)c2[nH]c1=O. The number of nitrogens with one attached hydrogen (secondary N) is 1. The molecule has 182 valence electrons. The Balaban J connectivity index is 1.55. The van der Waals surface area contributed by atoms with E-state index in [0.29, 0.717) is 19.1 Å². The lowest BCUT2D eigenvalue weighted by Crippen LogP contribution is -2.33. The number of para-hydroxylation sites is 1. The molecule has 0 amide bonds.